The largest absolute Gasteiger partial charge is 0.368 e. The number of nitrogen functional groups attached to an aromatic ring is 1. The lowest BCUT2D eigenvalue weighted by molar-refractivity contribution is 0.673. The lowest BCUT2D eigenvalue weighted by atomic mass is 10.0. The molecule has 0 saturated carbocycles. The second-order valence-corrected chi connectivity index (χ2v) is 6.53. The fourth-order valence-electron chi connectivity index (χ4n) is 3.34. The third-order valence-corrected chi connectivity index (χ3v) is 4.63. The Morgan fingerprint density at radius 1 is 1.04 bits per heavy atom. The van der Waals surface area contributed by atoms with E-state index in [2.05, 4.69) is 49.4 Å². The summed E-state index contributed by atoms with van der Waals surface area (Å²) in [6, 6.07) is 16.5. The van der Waals surface area contributed by atoms with Crippen LogP contribution in [0.25, 0.3) is 0 Å². The molecule has 0 spiro atoms. The molecule has 26 heavy (non-hydrogen) atoms. The number of nitrogens with two attached hydrogens (primary N) is 1. The fourth-order valence-corrected chi connectivity index (χ4v) is 3.34. The average molecular weight is 346 g/mol. The van der Waals surface area contributed by atoms with Gasteiger partial charge in [0.1, 0.15) is 0 Å². The molecule has 0 saturated heterocycles. The van der Waals surface area contributed by atoms with Gasteiger partial charge in [0.15, 0.2) is 5.82 Å². The number of hydrogen-bond donors (Lipinski definition) is 2. The van der Waals surface area contributed by atoms with Crippen molar-refractivity contribution in [3.8, 4) is 0 Å². The minimum Gasteiger partial charge on any atom is -0.368 e. The Hall–Kier alpha value is -3.15. The van der Waals surface area contributed by atoms with E-state index in [4.69, 9.17) is 5.73 Å². The SMILES string of the molecule is Cc1ccccc1Nc1nc(N)nc(CN2CCCc3ccccc32)n1. The molecule has 0 fully saturated rings. The van der Waals surface area contributed by atoms with Crippen molar-refractivity contribution in [1.29, 1.82) is 0 Å². The molecule has 0 amide bonds. The van der Waals surface area contributed by atoms with Crippen LogP contribution in [-0.4, -0.2) is 21.5 Å². The van der Waals surface area contributed by atoms with Gasteiger partial charge in [-0.15, -0.1) is 0 Å². The smallest absolute Gasteiger partial charge is 0.232 e. The Labute approximate surface area is 153 Å². The highest BCUT2D eigenvalue weighted by Gasteiger charge is 2.18. The minimum atomic E-state index is 0.233. The molecule has 1 aromatic heterocycles. The van der Waals surface area contributed by atoms with Crippen LogP contribution in [0.3, 0.4) is 0 Å². The normalized spacial score (nSPS) is 13.3. The molecule has 2 aromatic carbocycles. The molecule has 1 aliphatic heterocycles. The molecule has 4 rings (SSSR count). The number of nitrogens with zero attached hydrogens (tertiary/aromatic N) is 4. The number of anilines is 4. The van der Waals surface area contributed by atoms with Crippen molar-refractivity contribution >= 4 is 23.3 Å². The first kappa shape index (κ1) is 16.3. The van der Waals surface area contributed by atoms with Crippen molar-refractivity contribution in [2.24, 2.45) is 0 Å². The van der Waals surface area contributed by atoms with Crippen molar-refractivity contribution in [2.75, 3.05) is 22.5 Å². The van der Waals surface area contributed by atoms with Crippen LogP contribution in [-0.2, 0) is 13.0 Å². The van der Waals surface area contributed by atoms with Crippen LogP contribution in [0.1, 0.15) is 23.4 Å². The van der Waals surface area contributed by atoms with Crippen molar-refractivity contribution in [3.05, 3.63) is 65.5 Å². The van der Waals surface area contributed by atoms with Gasteiger partial charge in [-0.2, -0.15) is 15.0 Å². The third-order valence-electron chi connectivity index (χ3n) is 4.63. The molecule has 6 heteroatoms. The van der Waals surface area contributed by atoms with Crippen LogP contribution in [0.2, 0.25) is 0 Å². The van der Waals surface area contributed by atoms with Gasteiger partial charge in [-0.05, 0) is 43.0 Å². The first-order valence-electron chi connectivity index (χ1n) is 8.85. The number of fused-ring (bicyclic) bond motifs is 1. The van der Waals surface area contributed by atoms with Gasteiger partial charge in [0.05, 0.1) is 6.54 Å². The van der Waals surface area contributed by atoms with Crippen LogP contribution in [0, 0.1) is 6.92 Å². The van der Waals surface area contributed by atoms with Gasteiger partial charge in [0.2, 0.25) is 11.9 Å². The molecule has 0 bridgehead atoms. The topological polar surface area (TPSA) is 80.0 Å². The van der Waals surface area contributed by atoms with E-state index in [1.807, 2.05) is 31.2 Å². The maximum atomic E-state index is 5.93. The first-order valence-corrected chi connectivity index (χ1v) is 8.85. The lowest BCUT2D eigenvalue weighted by Crippen LogP contribution is -2.29. The molecule has 2 heterocycles. The Morgan fingerprint density at radius 2 is 1.85 bits per heavy atom. The number of aromatic nitrogens is 3. The fraction of sp³-hybridized carbons (Fsp3) is 0.250. The standard InChI is InChI=1S/C20H22N6/c1-14-7-2-4-10-16(14)22-20-24-18(23-19(21)25-20)13-26-12-6-9-15-8-3-5-11-17(15)26/h2-5,7-8,10-11H,6,9,12-13H2,1H3,(H3,21,22,23,24,25). The first-order chi connectivity index (χ1) is 12.7. The van der Waals surface area contributed by atoms with Crippen LogP contribution in [0.4, 0.5) is 23.3 Å². The summed E-state index contributed by atoms with van der Waals surface area (Å²) < 4.78 is 0. The van der Waals surface area contributed by atoms with Gasteiger partial charge < -0.3 is 16.0 Å². The van der Waals surface area contributed by atoms with Gasteiger partial charge >= 0.3 is 0 Å². The van der Waals surface area contributed by atoms with E-state index in [9.17, 15) is 0 Å². The number of benzene rings is 2. The predicted octanol–water partition coefficient (Wildman–Crippen LogP) is 3.46. The monoisotopic (exact) mass is 346 g/mol. The van der Waals surface area contributed by atoms with E-state index in [1.54, 1.807) is 0 Å². The molecular weight excluding hydrogens is 324 g/mol. The van der Waals surface area contributed by atoms with E-state index in [0.717, 1.165) is 30.6 Å². The van der Waals surface area contributed by atoms with Crippen LogP contribution in [0.5, 0.6) is 0 Å². The molecule has 132 valence electrons. The van der Waals surface area contributed by atoms with Crippen LogP contribution in [0.15, 0.2) is 48.5 Å². The van der Waals surface area contributed by atoms with Gasteiger partial charge in [-0.25, -0.2) is 0 Å². The molecule has 0 radical (unpaired) electrons. The zero-order chi connectivity index (χ0) is 17.9. The molecule has 1 aliphatic rings. The van der Waals surface area contributed by atoms with Crippen molar-refractivity contribution < 1.29 is 0 Å². The zero-order valence-electron chi connectivity index (χ0n) is 14.8. The summed E-state index contributed by atoms with van der Waals surface area (Å²) in [4.78, 5) is 15.5. The highest BCUT2D eigenvalue weighted by Crippen LogP contribution is 2.28. The second kappa shape index (κ2) is 7.00. The number of nitrogens with one attached hydrogen (secondary N) is 1. The molecule has 0 atom stereocenters. The number of aryl methyl sites for hydroxylation is 2. The third kappa shape index (κ3) is 3.44. The highest BCUT2D eigenvalue weighted by atomic mass is 15.2. The van der Waals surface area contributed by atoms with Gasteiger partial charge in [0, 0.05) is 17.9 Å². The summed E-state index contributed by atoms with van der Waals surface area (Å²) in [6.07, 6.45) is 2.25. The van der Waals surface area contributed by atoms with Gasteiger partial charge in [-0.1, -0.05) is 36.4 Å². The summed E-state index contributed by atoms with van der Waals surface area (Å²) in [5, 5.41) is 3.25. The number of para-hydroxylation sites is 2. The van der Waals surface area contributed by atoms with E-state index in [0.29, 0.717) is 18.3 Å². The average Bonchev–Trinajstić information content (AvgIpc) is 2.64. The quantitative estimate of drug-likeness (QED) is 0.753. The number of rotatable bonds is 4. The Bertz CT molecular complexity index is 924. The van der Waals surface area contributed by atoms with Crippen LogP contribution < -0.4 is 16.0 Å². The van der Waals surface area contributed by atoms with E-state index < -0.39 is 0 Å². The molecule has 0 aliphatic carbocycles. The molecule has 0 unspecified atom stereocenters. The Kier molecular flexibility index (Phi) is 4.39. The highest BCUT2D eigenvalue weighted by molar-refractivity contribution is 5.59. The summed E-state index contributed by atoms with van der Waals surface area (Å²) in [5.41, 5.74) is 10.6. The number of hydrogen-bond acceptors (Lipinski definition) is 6. The molecule has 3 N–H and O–H groups in total. The maximum Gasteiger partial charge on any atom is 0.232 e. The lowest BCUT2D eigenvalue weighted by Gasteiger charge is -2.30. The summed E-state index contributed by atoms with van der Waals surface area (Å²) in [7, 11) is 0. The Morgan fingerprint density at radius 3 is 2.73 bits per heavy atom. The molecule has 3 aromatic rings. The van der Waals surface area contributed by atoms with Gasteiger partial charge in [-0.3, -0.25) is 0 Å². The summed E-state index contributed by atoms with van der Waals surface area (Å²) >= 11 is 0. The summed E-state index contributed by atoms with van der Waals surface area (Å²) in [6.45, 7) is 3.65. The van der Waals surface area contributed by atoms with Crippen LogP contribution >= 0.6 is 0 Å². The van der Waals surface area contributed by atoms with Crippen molar-refractivity contribution in [1.82, 2.24) is 15.0 Å². The predicted molar refractivity (Wildman–Crippen MR) is 105 cm³/mol. The van der Waals surface area contributed by atoms with Crippen molar-refractivity contribution in [3.63, 3.8) is 0 Å². The van der Waals surface area contributed by atoms with Gasteiger partial charge in [0.25, 0.3) is 0 Å². The van der Waals surface area contributed by atoms with Crippen molar-refractivity contribution in [2.45, 2.75) is 26.3 Å². The zero-order valence-corrected chi connectivity index (χ0v) is 14.8. The molecule has 6 nitrogen and oxygen atoms in total. The minimum absolute atomic E-state index is 0.233. The maximum absolute atomic E-state index is 5.93. The summed E-state index contributed by atoms with van der Waals surface area (Å²) in [5.74, 6) is 1.38. The van der Waals surface area contributed by atoms with E-state index in [1.165, 1.54) is 11.3 Å². The molecular formula is C20H22N6. The van der Waals surface area contributed by atoms with E-state index >= 15 is 0 Å². The van der Waals surface area contributed by atoms with E-state index in [-0.39, 0.29) is 5.95 Å². The Balaban J connectivity index is 1.59. The second-order valence-electron chi connectivity index (χ2n) is 6.53.